The third-order valence-electron chi connectivity index (χ3n) is 2.09. The molecule has 0 aliphatic rings. The normalized spacial score (nSPS) is 10.1. The topological polar surface area (TPSA) is 88.9 Å². The van der Waals surface area contributed by atoms with Gasteiger partial charge in [-0.3, -0.25) is 20.4 Å². The summed E-state index contributed by atoms with van der Waals surface area (Å²) in [6, 6.07) is 1.64. The molecule has 0 spiro atoms. The third kappa shape index (κ3) is 2.74. The Kier molecular flexibility index (Phi) is 3.72. The van der Waals surface area contributed by atoms with Gasteiger partial charge in [-0.25, -0.2) is 0 Å². The Balaban J connectivity index is 1.97. The van der Waals surface area contributed by atoms with E-state index in [1.807, 2.05) is 0 Å². The number of hydrogen-bond donors (Lipinski definition) is 2. The van der Waals surface area contributed by atoms with Gasteiger partial charge in [0.1, 0.15) is 5.69 Å². The summed E-state index contributed by atoms with van der Waals surface area (Å²) >= 11 is 4.18. The molecule has 2 N–H and O–H groups in total. The molecule has 0 aliphatic carbocycles. The zero-order chi connectivity index (χ0) is 13.1. The predicted molar refractivity (Wildman–Crippen MR) is 68.0 cm³/mol. The Morgan fingerprint density at radius 3 is 2.67 bits per heavy atom. The van der Waals surface area contributed by atoms with Crippen LogP contribution in [0, 0.1) is 0 Å². The smallest absolute Gasteiger partial charge is 0.291 e. The van der Waals surface area contributed by atoms with Crippen LogP contribution >= 0.6 is 27.7 Å². The molecule has 2 aromatic heterocycles. The molecule has 0 bridgehead atoms. The fraction of sp³-hybridized carbons (Fsp3) is 0.111. The van der Waals surface area contributed by atoms with Crippen molar-refractivity contribution < 1.29 is 9.59 Å². The van der Waals surface area contributed by atoms with Crippen LogP contribution in [0.3, 0.4) is 0 Å². The zero-order valence-corrected chi connectivity index (χ0v) is 11.6. The van der Waals surface area contributed by atoms with Crippen molar-refractivity contribution in [2.24, 2.45) is 7.05 Å². The molecule has 2 heterocycles. The van der Waals surface area contributed by atoms with Crippen LogP contribution in [0.2, 0.25) is 0 Å². The van der Waals surface area contributed by atoms with Crippen molar-refractivity contribution in [1.29, 1.82) is 0 Å². The maximum absolute atomic E-state index is 11.8. The monoisotopic (exact) mass is 329 g/mol. The number of halogens is 1. The van der Waals surface area contributed by atoms with Crippen LogP contribution in [0.25, 0.3) is 0 Å². The third-order valence-corrected chi connectivity index (χ3v) is 3.00. The number of carbonyl (C=O) groups is 2. The van der Waals surface area contributed by atoms with Gasteiger partial charge in [-0.2, -0.15) is 8.75 Å². The Bertz CT molecular complexity index is 580. The second-order valence-corrected chi connectivity index (χ2v) is 4.83. The minimum absolute atomic E-state index is 0.161. The molecule has 0 aromatic carbocycles. The highest BCUT2D eigenvalue weighted by atomic mass is 79.9. The van der Waals surface area contributed by atoms with E-state index >= 15 is 0 Å². The van der Waals surface area contributed by atoms with Crippen LogP contribution in [0.15, 0.2) is 22.9 Å². The molecule has 0 saturated carbocycles. The van der Waals surface area contributed by atoms with E-state index in [2.05, 4.69) is 35.5 Å². The molecule has 0 radical (unpaired) electrons. The van der Waals surface area contributed by atoms with Gasteiger partial charge in [-0.05, 0) is 22.0 Å². The molecule has 18 heavy (non-hydrogen) atoms. The first-order chi connectivity index (χ1) is 8.58. The molecule has 0 atom stereocenters. The lowest BCUT2D eigenvalue weighted by atomic mass is 10.4. The first kappa shape index (κ1) is 12.7. The largest absolute Gasteiger partial charge is 0.345 e. The highest BCUT2D eigenvalue weighted by Gasteiger charge is 2.13. The molecule has 2 rings (SSSR count). The van der Waals surface area contributed by atoms with E-state index in [1.54, 1.807) is 23.9 Å². The molecule has 0 unspecified atom stereocenters. The van der Waals surface area contributed by atoms with Crippen molar-refractivity contribution in [2.45, 2.75) is 0 Å². The summed E-state index contributed by atoms with van der Waals surface area (Å²) in [5, 5.41) is 0. The summed E-state index contributed by atoms with van der Waals surface area (Å²) < 4.78 is 9.85. The number of amides is 2. The number of hydrazine groups is 1. The Labute approximate surface area is 115 Å². The van der Waals surface area contributed by atoms with Crippen LogP contribution in [0.1, 0.15) is 21.0 Å². The molecule has 2 aromatic rings. The highest BCUT2D eigenvalue weighted by molar-refractivity contribution is 9.10. The first-order valence-corrected chi connectivity index (χ1v) is 6.30. The summed E-state index contributed by atoms with van der Waals surface area (Å²) in [4.78, 5) is 23.2. The van der Waals surface area contributed by atoms with Crippen LogP contribution in [-0.4, -0.2) is 25.1 Å². The van der Waals surface area contributed by atoms with Crippen LogP contribution in [0.4, 0.5) is 0 Å². The molecule has 2 amide bonds. The number of nitrogens with zero attached hydrogens (tertiary/aromatic N) is 3. The van der Waals surface area contributed by atoms with Gasteiger partial charge in [-0.15, -0.1) is 0 Å². The van der Waals surface area contributed by atoms with Crippen molar-refractivity contribution in [1.82, 2.24) is 24.2 Å². The fourth-order valence-corrected chi connectivity index (χ4v) is 2.19. The van der Waals surface area contributed by atoms with Crippen LogP contribution < -0.4 is 10.9 Å². The molecule has 9 heteroatoms. The fourth-order valence-electron chi connectivity index (χ4n) is 1.26. The number of carbonyl (C=O) groups excluding carboxylic acids is 2. The van der Waals surface area contributed by atoms with E-state index in [-0.39, 0.29) is 5.69 Å². The van der Waals surface area contributed by atoms with Crippen molar-refractivity contribution in [3.05, 3.63) is 34.3 Å². The van der Waals surface area contributed by atoms with Gasteiger partial charge >= 0.3 is 0 Å². The second kappa shape index (κ2) is 5.27. The van der Waals surface area contributed by atoms with E-state index in [0.29, 0.717) is 5.69 Å². The highest BCUT2D eigenvalue weighted by Crippen LogP contribution is 2.13. The Morgan fingerprint density at radius 2 is 2.11 bits per heavy atom. The molecule has 0 saturated heterocycles. The number of aromatic nitrogens is 3. The van der Waals surface area contributed by atoms with Crippen LogP contribution in [0.5, 0.6) is 0 Å². The number of aryl methyl sites for hydroxylation is 1. The number of nitrogens with one attached hydrogen (secondary N) is 2. The minimum Gasteiger partial charge on any atom is -0.345 e. The summed E-state index contributed by atoms with van der Waals surface area (Å²) in [6.45, 7) is 0. The predicted octanol–water partition coefficient (Wildman–Crippen LogP) is 0.714. The maximum Gasteiger partial charge on any atom is 0.291 e. The molecular weight excluding hydrogens is 322 g/mol. The van der Waals surface area contributed by atoms with E-state index in [0.717, 1.165) is 16.2 Å². The summed E-state index contributed by atoms with van der Waals surface area (Å²) in [6.07, 6.45) is 3.06. The molecule has 7 nitrogen and oxygen atoms in total. The minimum atomic E-state index is -0.509. The van der Waals surface area contributed by atoms with Gasteiger partial charge < -0.3 is 4.57 Å². The first-order valence-electron chi connectivity index (χ1n) is 4.78. The van der Waals surface area contributed by atoms with Gasteiger partial charge in [-0.1, -0.05) is 0 Å². The molecule has 0 aliphatic heterocycles. The molecular formula is C9H8BrN5O2S. The summed E-state index contributed by atoms with van der Waals surface area (Å²) in [5.74, 6) is -0.926. The summed E-state index contributed by atoms with van der Waals surface area (Å²) in [7, 11) is 1.73. The number of hydrogen-bond acceptors (Lipinski definition) is 5. The number of rotatable bonds is 2. The molecule has 0 fully saturated rings. The SMILES string of the molecule is Cn1cc(Br)cc1C(=O)NNC(=O)c1cnsn1. The lowest BCUT2D eigenvalue weighted by Crippen LogP contribution is -2.42. The molecule has 94 valence electrons. The quantitative estimate of drug-likeness (QED) is 0.794. The zero-order valence-electron chi connectivity index (χ0n) is 9.18. The Hall–Kier alpha value is -1.74. The average molecular weight is 330 g/mol. The van der Waals surface area contributed by atoms with E-state index in [4.69, 9.17) is 0 Å². The lowest BCUT2D eigenvalue weighted by molar-refractivity contribution is 0.0840. The lowest BCUT2D eigenvalue weighted by Gasteiger charge is -2.06. The van der Waals surface area contributed by atoms with Gasteiger partial charge in [0.15, 0.2) is 5.69 Å². The van der Waals surface area contributed by atoms with Crippen molar-refractivity contribution in [2.75, 3.05) is 0 Å². The van der Waals surface area contributed by atoms with Gasteiger partial charge in [0, 0.05) is 17.7 Å². The standard InChI is InChI=1S/C9H8BrN5O2S/c1-15-4-5(10)2-7(15)9(17)13-12-8(16)6-3-11-18-14-6/h2-4H,1H3,(H,12,16)(H,13,17). The van der Waals surface area contributed by atoms with E-state index in [9.17, 15) is 9.59 Å². The average Bonchev–Trinajstić information content (AvgIpc) is 2.95. The van der Waals surface area contributed by atoms with E-state index < -0.39 is 11.8 Å². The van der Waals surface area contributed by atoms with Gasteiger partial charge in [0.25, 0.3) is 11.8 Å². The second-order valence-electron chi connectivity index (χ2n) is 3.36. The Morgan fingerprint density at radius 1 is 1.39 bits per heavy atom. The maximum atomic E-state index is 11.8. The van der Waals surface area contributed by atoms with Gasteiger partial charge in [0.05, 0.1) is 17.9 Å². The van der Waals surface area contributed by atoms with Crippen LogP contribution in [-0.2, 0) is 7.05 Å². The van der Waals surface area contributed by atoms with E-state index in [1.165, 1.54) is 6.20 Å². The van der Waals surface area contributed by atoms with Gasteiger partial charge in [0.2, 0.25) is 0 Å². The van der Waals surface area contributed by atoms with Crippen molar-refractivity contribution in [3.63, 3.8) is 0 Å². The van der Waals surface area contributed by atoms with Crippen molar-refractivity contribution >= 4 is 39.5 Å². The summed E-state index contributed by atoms with van der Waals surface area (Å²) in [5.41, 5.74) is 5.13. The van der Waals surface area contributed by atoms with Crippen molar-refractivity contribution in [3.8, 4) is 0 Å².